The Labute approximate surface area is 200 Å². The minimum Gasteiger partial charge on any atom is -0.484 e. The van der Waals surface area contributed by atoms with Gasteiger partial charge in [0.05, 0.1) is 28.9 Å². The SMILES string of the molecule is COC(=O)c1ccc(Cn2ccc3ccc(OCC(=O)Nc4ccc(Cl)cc4Cl)cc32)cc1. The van der Waals surface area contributed by atoms with Crippen LogP contribution in [0.3, 0.4) is 0 Å². The standard InChI is InChI=1S/C25H20Cl2N2O4/c1-32-25(31)18-4-2-16(3-5-18)14-29-11-10-17-6-8-20(13-23(17)29)33-15-24(30)28-22-9-7-19(26)12-21(22)27/h2-13H,14-15H2,1H3,(H,28,30). The summed E-state index contributed by atoms with van der Waals surface area (Å²) in [6.45, 7) is 0.449. The van der Waals surface area contributed by atoms with Crippen LogP contribution >= 0.6 is 23.2 Å². The lowest BCUT2D eigenvalue weighted by atomic mass is 10.1. The zero-order valence-corrected chi connectivity index (χ0v) is 19.2. The fraction of sp³-hybridized carbons (Fsp3) is 0.120. The van der Waals surface area contributed by atoms with Gasteiger partial charge in [-0.1, -0.05) is 35.3 Å². The van der Waals surface area contributed by atoms with E-state index in [1.165, 1.54) is 7.11 Å². The molecule has 168 valence electrons. The maximum atomic E-state index is 12.3. The van der Waals surface area contributed by atoms with Crippen LogP contribution in [-0.2, 0) is 16.1 Å². The van der Waals surface area contributed by atoms with Gasteiger partial charge < -0.3 is 19.4 Å². The quantitative estimate of drug-likeness (QED) is 0.338. The van der Waals surface area contributed by atoms with E-state index in [4.69, 9.17) is 32.7 Å². The van der Waals surface area contributed by atoms with Crippen molar-refractivity contribution in [3.63, 3.8) is 0 Å². The highest BCUT2D eigenvalue weighted by atomic mass is 35.5. The maximum Gasteiger partial charge on any atom is 0.337 e. The summed E-state index contributed by atoms with van der Waals surface area (Å²) in [5.74, 6) is -0.127. The molecule has 0 spiro atoms. The molecular formula is C25H20Cl2N2O4. The number of aromatic nitrogens is 1. The summed E-state index contributed by atoms with van der Waals surface area (Å²) in [7, 11) is 1.36. The number of rotatable bonds is 7. The molecule has 33 heavy (non-hydrogen) atoms. The summed E-state index contributed by atoms with van der Waals surface area (Å²) in [5, 5.41) is 4.60. The number of nitrogens with zero attached hydrogens (tertiary/aromatic N) is 1. The van der Waals surface area contributed by atoms with E-state index in [0.29, 0.717) is 33.6 Å². The number of anilines is 1. The number of fused-ring (bicyclic) bond motifs is 1. The van der Waals surface area contributed by atoms with Crippen LogP contribution in [0.5, 0.6) is 5.75 Å². The largest absolute Gasteiger partial charge is 0.484 e. The molecule has 1 amide bonds. The molecule has 1 N–H and O–H groups in total. The monoisotopic (exact) mass is 482 g/mol. The molecule has 6 nitrogen and oxygen atoms in total. The third-order valence-electron chi connectivity index (χ3n) is 5.05. The van der Waals surface area contributed by atoms with Gasteiger partial charge in [-0.05, 0) is 59.5 Å². The minimum atomic E-state index is -0.364. The van der Waals surface area contributed by atoms with Gasteiger partial charge in [0.1, 0.15) is 5.75 Å². The van der Waals surface area contributed by atoms with Crippen molar-refractivity contribution in [2.75, 3.05) is 19.0 Å². The van der Waals surface area contributed by atoms with Crippen molar-refractivity contribution in [1.29, 1.82) is 0 Å². The Kier molecular flexibility index (Phi) is 6.87. The molecule has 0 unspecified atom stereocenters. The second-order valence-electron chi connectivity index (χ2n) is 7.31. The van der Waals surface area contributed by atoms with Crippen molar-refractivity contribution in [2.45, 2.75) is 6.54 Å². The van der Waals surface area contributed by atoms with Crippen LogP contribution in [0.2, 0.25) is 10.0 Å². The number of hydrogen-bond donors (Lipinski definition) is 1. The van der Waals surface area contributed by atoms with Crippen molar-refractivity contribution in [2.24, 2.45) is 0 Å². The number of carbonyl (C=O) groups excluding carboxylic acids is 2. The van der Waals surface area contributed by atoms with E-state index in [2.05, 4.69) is 9.88 Å². The second-order valence-corrected chi connectivity index (χ2v) is 8.16. The molecule has 0 radical (unpaired) electrons. The van der Waals surface area contributed by atoms with E-state index in [0.717, 1.165) is 16.5 Å². The molecule has 4 aromatic rings. The second kappa shape index (κ2) is 9.98. The molecule has 0 aliphatic rings. The summed E-state index contributed by atoms with van der Waals surface area (Å²) in [5.41, 5.74) is 2.97. The summed E-state index contributed by atoms with van der Waals surface area (Å²) < 4.78 is 12.5. The third kappa shape index (κ3) is 5.48. The Morgan fingerprint density at radius 2 is 1.76 bits per heavy atom. The number of benzene rings is 3. The van der Waals surface area contributed by atoms with Crippen LogP contribution in [-0.4, -0.2) is 30.2 Å². The van der Waals surface area contributed by atoms with Crippen LogP contribution in [0.15, 0.2) is 72.9 Å². The van der Waals surface area contributed by atoms with E-state index >= 15 is 0 Å². The Hall–Kier alpha value is -3.48. The molecule has 1 aromatic heterocycles. The predicted octanol–water partition coefficient (Wildman–Crippen LogP) is 5.80. The minimum absolute atomic E-state index is 0.167. The summed E-state index contributed by atoms with van der Waals surface area (Å²) >= 11 is 12.0. The van der Waals surface area contributed by atoms with Gasteiger partial charge >= 0.3 is 5.97 Å². The van der Waals surface area contributed by atoms with Crippen molar-refractivity contribution in [3.8, 4) is 5.75 Å². The topological polar surface area (TPSA) is 69.6 Å². The van der Waals surface area contributed by atoms with Crippen molar-refractivity contribution in [3.05, 3.63) is 94.1 Å². The van der Waals surface area contributed by atoms with E-state index in [1.807, 2.05) is 42.6 Å². The molecule has 0 aliphatic carbocycles. The molecule has 0 saturated carbocycles. The molecule has 0 bridgehead atoms. The Balaban J connectivity index is 1.43. The van der Waals surface area contributed by atoms with Crippen LogP contribution in [0.1, 0.15) is 15.9 Å². The Morgan fingerprint density at radius 3 is 2.48 bits per heavy atom. The van der Waals surface area contributed by atoms with E-state index < -0.39 is 0 Å². The van der Waals surface area contributed by atoms with E-state index in [1.54, 1.807) is 30.3 Å². The third-order valence-corrected chi connectivity index (χ3v) is 5.60. The lowest BCUT2D eigenvalue weighted by Gasteiger charge is -2.10. The average Bonchev–Trinajstić information content (AvgIpc) is 3.21. The fourth-order valence-corrected chi connectivity index (χ4v) is 3.83. The number of hydrogen-bond acceptors (Lipinski definition) is 4. The molecule has 8 heteroatoms. The molecule has 0 saturated heterocycles. The predicted molar refractivity (Wildman–Crippen MR) is 129 cm³/mol. The number of ether oxygens (including phenoxy) is 2. The van der Waals surface area contributed by atoms with Crippen LogP contribution in [0.4, 0.5) is 5.69 Å². The first-order valence-corrected chi connectivity index (χ1v) is 10.8. The highest BCUT2D eigenvalue weighted by Crippen LogP contribution is 2.26. The zero-order chi connectivity index (χ0) is 23.4. The smallest absolute Gasteiger partial charge is 0.337 e. The van der Waals surface area contributed by atoms with Crippen LogP contribution in [0.25, 0.3) is 10.9 Å². The normalized spacial score (nSPS) is 10.8. The number of amides is 1. The van der Waals surface area contributed by atoms with Crippen LogP contribution < -0.4 is 10.1 Å². The first-order valence-electron chi connectivity index (χ1n) is 10.1. The average molecular weight is 483 g/mol. The van der Waals surface area contributed by atoms with Gasteiger partial charge in [0.2, 0.25) is 0 Å². The number of nitrogens with one attached hydrogen (secondary N) is 1. The van der Waals surface area contributed by atoms with Crippen molar-refractivity contribution in [1.82, 2.24) is 4.57 Å². The summed E-state index contributed by atoms with van der Waals surface area (Å²) in [4.78, 5) is 23.9. The summed E-state index contributed by atoms with van der Waals surface area (Å²) in [6.07, 6.45) is 1.98. The van der Waals surface area contributed by atoms with Gasteiger partial charge in [0.15, 0.2) is 6.61 Å². The number of halogens is 2. The van der Waals surface area contributed by atoms with Crippen molar-refractivity contribution < 1.29 is 19.1 Å². The highest BCUT2D eigenvalue weighted by molar-refractivity contribution is 6.36. The summed E-state index contributed by atoms with van der Waals surface area (Å²) in [6, 6.07) is 19.8. The molecule has 1 heterocycles. The molecule has 0 aliphatic heterocycles. The number of carbonyl (C=O) groups is 2. The Morgan fingerprint density at radius 1 is 0.970 bits per heavy atom. The maximum absolute atomic E-state index is 12.3. The van der Waals surface area contributed by atoms with E-state index in [-0.39, 0.29) is 18.5 Å². The van der Waals surface area contributed by atoms with Gasteiger partial charge in [-0.25, -0.2) is 4.79 Å². The van der Waals surface area contributed by atoms with Gasteiger partial charge in [-0.15, -0.1) is 0 Å². The first-order chi connectivity index (χ1) is 15.9. The molecule has 0 atom stereocenters. The Bertz CT molecular complexity index is 1320. The molecule has 0 fully saturated rings. The molecule has 4 rings (SSSR count). The number of esters is 1. The van der Waals surface area contributed by atoms with Gasteiger partial charge in [-0.2, -0.15) is 0 Å². The van der Waals surface area contributed by atoms with E-state index in [9.17, 15) is 9.59 Å². The zero-order valence-electron chi connectivity index (χ0n) is 17.7. The molecule has 3 aromatic carbocycles. The first kappa shape index (κ1) is 22.7. The lowest BCUT2D eigenvalue weighted by Crippen LogP contribution is -2.20. The van der Waals surface area contributed by atoms with Crippen molar-refractivity contribution >= 4 is 51.7 Å². The van der Waals surface area contributed by atoms with Gasteiger partial charge in [0, 0.05) is 23.8 Å². The van der Waals surface area contributed by atoms with Crippen LogP contribution in [0, 0.1) is 0 Å². The molecular weight excluding hydrogens is 463 g/mol. The lowest BCUT2D eigenvalue weighted by molar-refractivity contribution is -0.118. The highest BCUT2D eigenvalue weighted by Gasteiger charge is 2.10. The van der Waals surface area contributed by atoms with Gasteiger partial charge in [-0.3, -0.25) is 4.79 Å². The number of methoxy groups -OCH3 is 1. The van der Waals surface area contributed by atoms with Gasteiger partial charge in [0.25, 0.3) is 5.91 Å². The fourth-order valence-electron chi connectivity index (χ4n) is 3.38.